The molecule has 1 N–H and O–H groups in total. The molecule has 7 heteroatoms. The lowest BCUT2D eigenvalue weighted by Gasteiger charge is -2.08. The number of rotatable bonds is 6. The summed E-state index contributed by atoms with van der Waals surface area (Å²) < 4.78 is 7.72. The molecule has 5 rings (SSSR count). The van der Waals surface area contributed by atoms with E-state index in [1.165, 1.54) is 0 Å². The van der Waals surface area contributed by atoms with E-state index in [0.717, 1.165) is 33.8 Å². The van der Waals surface area contributed by atoms with Gasteiger partial charge >= 0.3 is 0 Å². The molecule has 3 aromatic carbocycles. The zero-order valence-corrected chi connectivity index (χ0v) is 16.9. The average Bonchev–Trinajstić information content (AvgIpc) is 3.49. The molecule has 0 atom stereocenters. The summed E-state index contributed by atoms with van der Waals surface area (Å²) in [6.07, 6.45) is 1.93. The smallest absolute Gasteiger partial charge is 0.250 e. The third-order valence-corrected chi connectivity index (χ3v) is 4.97. The van der Waals surface area contributed by atoms with Crippen molar-refractivity contribution in [2.45, 2.75) is 13.5 Å². The topological polar surface area (TPSA) is 81.7 Å². The molecule has 2 heterocycles. The Labute approximate surface area is 179 Å². The van der Waals surface area contributed by atoms with E-state index in [0.29, 0.717) is 18.3 Å². The highest BCUT2D eigenvalue weighted by Crippen LogP contribution is 2.29. The van der Waals surface area contributed by atoms with Crippen LogP contribution in [-0.4, -0.2) is 25.2 Å². The van der Waals surface area contributed by atoms with Crippen LogP contribution in [0.2, 0.25) is 0 Å². The van der Waals surface area contributed by atoms with Crippen molar-refractivity contribution in [3.8, 4) is 28.6 Å². The molecule has 0 spiro atoms. The Bertz CT molecular complexity index is 1310. The predicted molar refractivity (Wildman–Crippen MR) is 119 cm³/mol. The predicted octanol–water partition coefficient (Wildman–Crippen LogP) is 4.90. The number of hydrogen-bond acceptors (Lipinski definition) is 6. The molecule has 0 fully saturated rings. The fourth-order valence-corrected chi connectivity index (χ4v) is 3.36. The first-order valence-electron chi connectivity index (χ1n) is 9.97. The van der Waals surface area contributed by atoms with Crippen LogP contribution in [0.3, 0.4) is 0 Å². The van der Waals surface area contributed by atoms with Gasteiger partial charge in [-0.05, 0) is 42.8 Å². The van der Waals surface area contributed by atoms with Crippen molar-refractivity contribution < 1.29 is 4.42 Å². The summed E-state index contributed by atoms with van der Waals surface area (Å²) >= 11 is 0. The number of aromatic nitrogens is 5. The number of benzene rings is 3. The van der Waals surface area contributed by atoms with Gasteiger partial charge in [-0.3, -0.25) is 0 Å². The maximum absolute atomic E-state index is 5.93. The average molecular weight is 408 g/mol. The Balaban J connectivity index is 1.35. The van der Waals surface area contributed by atoms with Gasteiger partial charge in [-0.2, -0.15) is 0 Å². The molecule has 7 nitrogen and oxygen atoms in total. The van der Waals surface area contributed by atoms with Crippen molar-refractivity contribution in [1.29, 1.82) is 0 Å². The van der Waals surface area contributed by atoms with Crippen LogP contribution in [0.5, 0.6) is 0 Å². The van der Waals surface area contributed by atoms with Crippen LogP contribution < -0.4 is 5.32 Å². The minimum atomic E-state index is 0.463. The fraction of sp³-hybridized carbons (Fsp3) is 0.0833. The molecule has 0 bridgehead atoms. The number of aryl methyl sites for hydroxylation is 1. The first-order chi connectivity index (χ1) is 15.3. The van der Waals surface area contributed by atoms with Gasteiger partial charge in [-0.15, -0.1) is 15.3 Å². The van der Waals surface area contributed by atoms with Crippen molar-refractivity contribution in [3.05, 3.63) is 96.3 Å². The zero-order valence-electron chi connectivity index (χ0n) is 16.9. The second kappa shape index (κ2) is 8.23. The van der Waals surface area contributed by atoms with Gasteiger partial charge in [-0.25, -0.2) is 4.68 Å². The minimum Gasteiger partial charge on any atom is -0.416 e. The Morgan fingerprint density at radius 2 is 1.55 bits per heavy atom. The second-order valence-corrected chi connectivity index (χ2v) is 7.12. The van der Waals surface area contributed by atoms with E-state index in [1.54, 1.807) is 4.68 Å². The lowest BCUT2D eigenvalue weighted by Crippen LogP contribution is -2.01. The summed E-state index contributed by atoms with van der Waals surface area (Å²) in [6.45, 7) is 2.57. The number of para-hydroxylation sites is 2. The normalized spacial score (nSPS) is 10.9. The van der Waals surface area contributed by atoms with E-state index in [2.05, 4.69) is 38.8 Å². The van der Waals surface area contributed by atoms with Gasteiger partial charge in [0.05, 0.1) is 24.0 Å². The van der Waals surface area contributed by atoms with E-state index in [1.807, 2.05) is 79.0 Å². The Hall–Kier alpha value is -4.26. The number of nitrogens with one attached hydrogen (secondary N) is 1. The first kappa shape index (κ1) is 18.7. The van der Waals surface area contributed by atoms with Crippen molar-refractivity contribution in [1.82, 2.24) is 25.2 Å². The summed E-state index contributed by atoms with van der Waals surface area (Å²) in [6, 6.07) is 25.7. The molecule has 0 saturated heterocycles. The van der Waals surface area contributed by atoms with Gasteiger partial charge in [0, 0.05) is 11.3 Å². The van der Waals surface area contributed by atoms with Gasteiger partial charge in [0.1, 0.15) is 5.69 Å². The van der Waals surface area contributed by atoms with E-state index in [9.17, 15) is 0 Å². The second-order valence-electron chi connectivity index (χ2n) is 7.12. The number of nitrogens with zero attached hydrogens (tertiary/aromatic N) is 5. The number of anilines is 1. The van der Waals surface area contributed by atoms with Gasteiger partial charge in [0.15, 0.2) is 0 Å². The molecule has 5 aromatic rings. The van der Waals surface area contributed by atoms with Crippen LogP contribution in [0.4, 0.5) is 5.69 Å². The Morgan fingerprint density at radius 1 is 0.806 bits per heavy atom. The molecule has 0 amide bonds. The molecule has 0 aliphatic heterocycles. The summed E-state index contributed by atoms with van der Waals surface area (Å²) in [5, 5.41) is 20.4. The maximum Gasteiger partial charge on any atom is 0.250 e. The molecule has 0 unspecified atom stereocenters. The first-order valence-corrected chi connectivity index (χ1v) is 9.97. The van der Waals surface area contributed by atoms with Crippen LogP contribution in [0, 0.1) is 6.92 Å². The highest BCUT2D eigenvalue weighted by atomic mass is 16.4. The van der Waals surface area contributed by atoms with Crippen molar-refractivity contribution in [3.63, 3.8) is 0 Å². The molecule has 152 valence electrons. The van der Waals surface area contributed by atoms with Crippen LogP contribution in [0.25, 0.3) is 28.6 Å². The summed E-state index contributed by atoms with van der Waals surface area (Å²) in [5.41, 5.74) is 5.59. The van der Waals surface area contributed by atoms with Gasteiger partial charge in [-0.1, -0.05) is 53.7 Å². The monoisotopic (exact) mass is 408 g/mol. The Kier molecular flexibility index (Phi) is 4.98. The molecule has 0 aliphatic carbocycles. The highest BCUT2D eigenvalue weighted by Gasteiger charge is 2.14. The Morgan fingerprint density at radius 3 is 2.42 bits per heavy atom. The van der Waals surface area contributed by atoms with E-state index >= 15 is 0 Å². The summed E-state index contributed by atoms with van der Waals surface area (Å²) in [4.78, 5) is 0. The van der Waals surface area contributed by atoms with Crippen LogP contribution in [0.15, 0.2) is 89.5 Å². The third kappa shape index (κ3) is 3.93. The van der Waals surface area contributed by atoms with Crippen LogP contribution >= 0.6 is 0 Å². The summed E-state index contributed by atoms with van der Waals surface area (Å²) in [7, 11) is 0. The van der Waals surface area contributed by atoms with Gasteiger partial charge < -0.3 is 9.73 Å². The maximum atomic E-state index is 5.93. The lowest BCUT2D eigenvalue weighted by atomic mass is 10.1. The SMILES string of the molecule is Cc1ccccc1-n1cc(CNc2ccccc2-c2nnc(-c3ccccc3)o2)nn1. The molecule has 0 aliphatic rings. The molecular weight excluding hydrogens is 388 g/mol. The molecule has 0 radical (unpaired) electrons. The minimum absolute atomic E-state index is 0.463. The van der Waals surface area contributed by atoms with Crippen molar-refractivity contribution in [2.24, 2.45) is 0 Å². The van der Waals surface area contributed by atoms with Gasteiger partial charge in [0.25, 0.3) is 0 Å². The van der Waals surface area contributed by atoms with E-state index in [-0.39, 0.29) is 0 Å². The van der Waals surface area contributed by atoms with Crippen LogP contribution in [0.1, 0.15) is 11.3 Å². The quantitative estimate of drug-likeness (QED) is 0.430. The van der Waals surface area contributed by atoms with Crippen molar-refractivity contribution >= 4 is 5.69 Å². The third-order valence-electron chi connectivity index (χ3n) is 4.97. The fourth-order valence-electron chi connectivity index (χ4n) is 3.36. The van der Waals surface area contributed by atoms with E-state index < -0.39 is 0 Å². The molecular formula is C24H20N6O. The highest BCUT2D eigenvalue weighted by molar-refractivity contribution is 5.73. The standard InChI is InChI=1S/C24H20N6O/c1-17-9-5-8-14-22(17)30-16-19(26-29-30)15-25-21-13-7-6-12-20(21)24-28-27-23(31-24)18-10-3-2-4-11-18/h2-14,16,25H,15H2,1H3. The van der Waals surface area contributed by atoms with Gasteiger partial charge in [0.2, 0.25) is 11.8 Å². The van der Waals surface area contributed by atoms with Crippen molar-refractivity contribution in [2.75, 3.05) is 5.32 Å². The number of hydrogen-bond donors (Lipinski definition) is 1. The molecule has 2 aromatic heterocycles. The molecule has 0 saturated carbocycles. The zero-order chi connectivity index (χ0) is 21.0. The van der Waals surface area contributed by atoms with Crippen LogP contribution in [-0.2, 0) is 6.54 Å². The van der Waals surface area contributed by atoms with E-state index in [4.69, 9.17) is 4.42 Å². The molecule has 31 heavy (non-hydrogen) atoms. The lowest BCUT2D eigenvalue weighted by molar-refractivity contribution is 0.585. The largest absolute Gasteiger partial charge is 0.416 e. The summed E-state index contributed by atoms with van der Waals surface area (Å²) in [5.74, 6) is 0.956.